The highest BCUT2D eigenvalue weighted by molar-refractivity contribution is 6.77. The molecule has 2 unspecified atom stereocenters. The minimum atomic E-state index is -1.57. The van der Waals surface area contributed by atoms with E-state index in [-0.39, 0.29) is 0 Å². The van der Waals surface area contributed by atoms with Crippen LogP contribution in [0, 0.1) is 0 Å². The molecule has 28 heavy (non-hydrogen) atoms. The molecule has 3 nitrogen and oxygen atoms in total. The van der Waals surface area contributed by atoms with Gasteiger partial charge in [0.1, 0.15) is 8.24 Å². The van der Waals surface area contributed by atoms with E-state index in [9.17, 15) is 0 Å². The van der Waals surface area contributed by atoms with Crippen molar-refractivity contribution in [2.45, 2.75) is 117 Å². The zero-order chi connectivity index (χ0) is 22.0. The Morgan fingerprint density at radius 1 is 0.643 bits per heavy atom. The summed E-state index contributed by atoms with van der Waals surface area (Å²) in [6.07, 6.45) is 2.57. The summed E-state index contributed by atoms with van der Waals surface area (Å²) in [4.78, 5) is 0. The van der Waals surface area contributed by atoms with Crippen LogP contribution in [0.1, 0.15) is 61.3 Å². The van der Waals surface area contributed by atoms with E-state index in [0.29, 0.717) is 11.1 Å². The van der Waals surface area contributed by atoms with Crippen LogP contribution in [0.2, 0.25) is 55.4 Å². The molecule has 6 heteroatoms. The van der Waals surface area contributed by atoms with Crippen molar-refractivity contribution < 1.29 is 8.85 Å². The van der Waals surface area contributed by atoms with Gasteiger partial charge in [-0.05, 0) is 95.2 Å². The summed E-state index contributed by atoms with van der Waals surface area (Å²) < 4.78 is 15.3. The molecular weight excluding hydrogens is 395 g/mol. The smallest absolute Gasteiger partial charge is 0.189 e. The third-order valence-corrected chi connectivity index (χ3v) is 20.8. The van der Waals surface area contributed by atoms with Gasteiger partial charge < -0.3 is 13.4 Å². The summed E-state index contributed by atoms with van der Waals surface area (Å²) in [6, 6.07) is 4.13. The number of hydrogen-bond donors (Lipinski definition) is 0. The maximum Gasteiger partial charge on any atom is 0.189 e. The van der Waals surface area contributed by atoms with Crippen LogP contribution in [0.25, 0.3) is 0 Å². The quantitative estimate of drug-likeness (QED) is 0.231. The molecule has 0 aliphatic rings. The first-order valence-corrected chi connectivity index (χ1v) is 20.5. The van der Waals surface area contributed by atoms with E-state index >= 15 is 0 Å². The van der Waals surface area contributed by atoms with Gasteiger partial charge in [0.25, 0.3) is 0 Å². The number of hydrogen-bond acceptors (Lipinski definition) is 3. The van der Waals surface area contributed by atoms with E-state index in [1.165, 1.54) is 44.1 Å². The van der Waals surface area contributed by atoms with Crippen LogP contribution in [0.5, 0.6) is 0 Å². The summed E-state index contributed by atoms with van der Waals surface area (Å²) in [7, 11) is -4.50. The Morgan fingerprint density at radius 2 is 0.964 bits per heavy atom. The fourth-order valence-electron chi connectivity index (χ4n) is 4.43. The van der Waals surface area contributed by atoms with Gasteiger partial charge in [-0.15, -0.1) is 0 Å². The molecule has 2 atom stereocenters. The molecule has 0 aromatic rings. The van der Waals surface area contributed by atoms with E-state index in [1.54, 1.807) is 0 Å². The highest BCUT2D eigenvalue weighted by Crippen LogP contribution is 2.32. The summed E-state index contributed by atoms with van der Waals surface area (Å²) in [6.45, 7) is 30.3. The lowest BCUT2D eigenvalue weighted by atomic mass is 10.3. The van der Waals surface area contributed by atoms with Gasteiger partial charge in [0.15, 0.2) is 16.6 Å². The van der Waals surface area contributed by atoms with Crippen molar-refractivity contribution in [1.29, 1.82) is 0 Å². The topological polar surface area (TPSA) is 21.7 Å². The molecular formula is C22H53NO2Si3. The summed E-state index contributed by atoms with van der Waals surface area (Å²) >= 11 is 0. The molecule has 0 amide bonds. The van der Waals surface area contributed by atoms with Crippen LogP contribution in [0.3, 0.4) is 0 Å². The first-order valence-electron chi connectivity index (χ1n) is 12.0. The number of nitrogens with zero attached hydrogens (tertiary/aromatic N) is 1. The van der Waals surface area contributed by atoms with E-state index in [0.717, 1.165) is 13.2 Å². The van der Waals surface area contributed by atoms with Gasteiger partial charge >= 0.3 is 0 Å². The third-order valence-electron chi connectivity index (χ3n) is 7.72. The molecule has 0 saturated heterocycles. The van der Waals surface area contributed by atoms with Crippen LogP contribution in [0.4, 0.5) is 0 Å². The maximum atomic E-state index is 6.18. The van der Waals surface area contributed by atoms with Gasteiger partial charge in [0.05, 0.1) is 0 Å². The zero-order valence-corrected chi connectivity index (χ0v) is 24.3. The molecule has 0 fully saturated rings. The van der Waals surface area contributed by atoms with Crippen LogP contribution < -0.4 is 0 Å². The highest BCUT2D eigenvalue weighted by atomic mass is 28.4. The van der Waals surface area contributed by atoms with Crippen molar-refractivity contribution in [3.63, 3.8) is 0 Å². The van der Waals surface area contributed by atoms with E-state index < -0.39 is 24.9 Å². The summed E-state index contributed by atoms with van der Waals surface area (Å²) in [5.41, 5.74) is 1.41. The molecule has 0 radical (unpaired) electrons. The summed E-state index contributed by atoms with van der Waals surface area (Å²) in [5, 5.41) is 0. The molecule has 0 N–H and O–H groups in total. The van der Waals surface area contributed by atoms with E-state index in [1.807, 2.05) is 0 Å². The molecule has 0 rings (SSSR count). The van der Waals surface area contributed by atoms with Crippen LogP contribution >= 0.6 is 0 Å². The second-order valence-electron chi connectivity index (χ2n) is 9.72. The Morgan fingerprint density at radius 3 is 1.21 bits per heavy atom. The summed E-state index contributed by atoms with van der Waals surface area (Å²) in [5.74, 6) is 0. The number of rotatable bonds is 16. The SMILES string of the molecule is CCO[Si](C)(C)C(C)CCN(CCC(C)[Si](C)(C)OCC)[Si](CC)(CC)CC. The Kier molecular flexibility index (Phi) is 13.3. The van der Waals surface area contributed by atoms with E-state index in [2.05, 4.69) is 79.2 Å². The fraction of sp³-hybridized carbons (Fsp3) is 1.00. The Labute approximate surface area is 181 Å². The first-order chi connectivity index (χ1) is 13.0. The van der Waals surface area contributed by atoms with Crippen LogP contribution in [-0.2, 0) is 8.85 Å². The van der Waals surface area contributed by atoms with Crippen molar-refractivity contribution in [2.75, 3.05) is 26.3 Å². The highest BCUT2D eigenvalue weighted by Gasteiger charge is 2.37. The second-order valence-corrected chi connectivity index (χ2v) is 23.9. The minimum absolute atomic E-state index is 0.707. The minimum Gasteiger partial charge on any atom is -0.417 e. The average Bonchev–Trinajstić information content (AvgIpc) is 2.64. The fourth-order valence-corrected chi connectivity index (χ4v) is 12.2. The molecule has 170 valence electrons. The molecule has 0 aromatic carbocycles. The van der Waals surface area contributed by atoms with Crippen molar-refractivity contribution in [1.82, 2.24) is 4.57 Å². The molecule has 0 bridgehead atoms. The Bertz CT molecular complexity index is 378. The predicted molar refractivity (Wildman–Crippen MR) is 135 cm³/mol. The van der Waals surface area contributed by atoms with Crippen molar-refractivity contribution >= 4 is 24.9 Å². The predicted octanol–water partition coefficient (Wildman–Crippen LogP) is 7.34. The van der Waals surface area contributed by atoms with Gasteiger partial charge in [0, 0.05) is 13.2 Å². The Hall–Kier alpha value is 0.531. The van der Waals surface area contributed by atoms with Gasteiger partial charge in [-0.3, -0.25) is 0 Å². The first kappa shape index (κ1) is 28.5. The van der Waals surface area contributed by atoms with Gasteiger partial charge in [-0.25, -0.2) is 0 Å². The zero-order valence-electron chi connectivity index (χ0n) is 21.3. The lowest BCUT2D eigenvalue weighted by Crippen LogP contribution is -2.54. The molecule has 0 heterocycles. The monoisotopic (exact) mass is 447 g/mol. The normalized spacial score (nSPS) is 15.9. The van der Waals surface area contributed by atoms with E-state index in [4.69, 9.17) is 8.85 Å². The molecule has 0 aromatic heterocycles. The van der Waals surface area contributed by atoms with Crippen molar-refractivity contribution in [3.8, 4) is 0 Å². The average molecular weight is 448 g/mol. The molecule has 0 aliphatic heterocycles. The van der Waals surface area contributed by atoms with Crippen LogP contribution in [-0.4, -0.2) is 55.7 Å². The largest absolute Gasteiger partial charge is 0.417 e. The van der Waals surface area contributed by atoms with Gasteiger partial charge in [-0.2, -0.15) is 0 Å². The molecule has 0 saturated carbocycles. The second kappa shape index (κ2) is 13.1. The van der Waals surface area contributed by atoms with Gasteiger partial charge in [0.2, 0.25) is 0 Å². The van der Waals surface area contributed by atoms with Crippen molar-refractivity contribution in [3.05, 3.63) is 0 Å². The maximum absolute atomic E-state index is 6.18. The lowest BCUT2D eigenvalue weighted by molar-refractivity contribution is 0.307. The molecule has 0 spiro atoms. The lowest BCUT2D eigenvalue weighted by Gasteiger charge is -2.43. The Balaban J connectivity index is 5.23. The van der Waals surface area contributed by atoms with Gasteiger partial charge in [-0.1, -0.05) is 34.6 Å². The van der Waals surface area contributed by atoms with Crippen molar-refractivity contribution in [2.24, 2.45) is 0 Å². The van der Waals surface area contributed by atoms with Crippen LogP contribution in [0.15, 0.2) is 0 Å². The molecule has 0 aliphatic carbocycles. The standard InChI is InChI=1S/C22H53NO2Si3/c1-12-24-26(8,9)21(6)17-19-23(28(14-3,15-4)16-5)20-18-22(7)27(10,11)25-13-2/h21-22H,12-20H2,1-11H3. The third kappa shape index (κ3) is 8.34.